The summed E-state index contributed by atoms with van der Waals surface area (Å²) in [5, 5.41) is 4.81. The number of furan rings is 1. The van der Waals surface area contributed by atoms with E-state index in [-0.39, 0.29) is 11.9 Å². The molecule has 2 nitrogen and oxygen atoms in total. The minimum Gasteiger partial charge on any atom is -0.464 e. The number of rotatable bonds is 4. The highest BCUT2D eigenvalue weighted by Crippen LogP contribution is 2.31. The molecule has 3 heteroatoms. The van der Waals surface area contributed by atoms with Crippen molar-refractivity contribution in [3.05, 3.63) is 71.4 Å². The fraction of sp³-hybridized carbons (Fsp3) is 0.222. The number of benzene rings is 2. The molecule has 0 aliphatic rings. The van der Waals surface area contributed by atoms with Gasteiger partial charge in [0.25, 0.3) is 0 Å². The maximum absolute atomic E-state index is 14.0. The highest BCUT2D eigenvalue weighted by molar-refractivity contribution is 5.87. The average molecular weight is 283 g/mol. The molecule has 0 aliphatic heterocycles. The van der Waals surface area contributed by atoms with Gasteiger partial charge in [-0.1, -0.05) is 37.3 Å². The van der Waals surface area contributed by atoms with E-state index in [1.807, 2.05) is 43.4 Å². The van der Waals surface area contributed by atoms with Gasteiger partial charge in [0, 0.05) is 11.8 Å². The quantitative estimate of drug-likeness (QED) is 0.765. The lowest BCUT2D eigenvalue weighted by Gasteiger charge is -2.17. The van der Waals surface area contributed by atoms with E-state index in [4.69, 9.17) is 4.42 Å². The summed E-state index contributed by atoms with van der Waals surface area (Å²) < 4.78 is 19.8. The Hall–Kier alpha value is -2.13. The van der Waals surface area contributed by atoms with E-state index in [1.54, 1.807) is 6.07 Å². The lowest BCUT2D eigenvalue weighted by molar-refractivity contribution is 0.435. The first kappa shape index (κ1) is 13.8. The molecule has 0 aliphatic carbocycles. The van der Waals surface area contributed by atoms with Crippen molar-refractivity contribution < 1.29 is 8.81 Å². The zero-order valence-electron chi connectivity index (χ0n) is 12.2. The molecule has 0 saturated heterocycles. The van der Waals surface area contributed by atoms with Crippen LogP contribution in [0.2, 0.25) is 0 Å². The monoisotopic (exact) mass is 283 g/mol. The maximum atomic E-state index is 14.0. The van der Waals surface area contributed by atoms with Crippen LogP contribution in [0.5, 0.6) is 0 Å². The number of hydrogen-bond donors (Lipinski definition) is 1. The molecule has 1 atom stereocenters. The van der Waals surface area contributed by atoms with Crippen molar-refractivity contribution in [3.63, 3.8) is 0 Å². The fourth-order valence-electron chi connectivity index (χ4n) is 2.73. The number of fused-ring (bicyclic) bond motifs is 1. The maximum Gasteiger partial charge on any atom is 0.131 e. The molecule has 21 heavy (non-hydrogen) atoms. The molecule has 0 fully saturated rings. The van der Waals surface area contributed by atoms with Crippen LogP contribution in [0, 0.1) is 5.82 Å². The number of aryl methyl sites for hydroxylation is 1. The van der Waals surface area contributed by atoms with Crippen molar-refractivity contribution in [2.45, 2.75) is 19.4 Å². The third kappa shape index (κ3) is 2.45. The molecule has 108 valence electrons. The molecule has 0 saturated carbocycles. The third-order valence-electron chi connectivity index (χ3n) is 3.82. The van der Waals surface area contributed by atoms with Gasteiger partial charge in [0.05, 0.1) is 6.04 Å². The van der Waals surface area contributed by atoms with Crippen LogP contribution in [-0.4, -0.2) is 7.05 Å². The molecule has 3 aromatic rings. The van der Waals surface area contributed by atoms with Crippen molar-refractivity contribution in [2.24, 2.45) is 0 Å². The lowest BCUT2D eigenvalue weighted by Crippen LogP contribution is -2.17. The van der Waals surface area contributed by atoms with E-state index in [1.165, 1.54) is 6.07 Å². The van der Waals surface area contributed by atoms with Crippen LogP contribution >= 0.6 is 0 Å². The van der Waals surface area contributed by atoms with Crippen LogP contribution in [0.4, 0.5) is 4.39 Å². The Kier molecular flexibility index (Phi) is 3.76. The van der Waals surface area contributed by atoms with Crippen molar-refractivity contribution in [3.8, 4) is 0 Å². The summed E-state index contributed by atoms with van der Waals surface area (Å²) in [6, 6.07) is 14.8. The van der Waals surface area contributed by atoms with E-state index in [0.29, 0.717) is 5.39 Å². The molecule has 2 aromatic carbocycles. The zero-order valence-corrected chi connectivity index (χ0v) is 12.2. The minimum atomic E-state index is -0.196. The predicted octanol–water partition coefficient (Wildman–Crippen LogP) is 4.44. The molecule has 0 amide bonds. The van der Waals surface area contributed by atoms with Crippen molar-refractivity contribution >= 4 is 10.8 Å². The molecular formula is C18H18FNO. The molecule has 0 radical (unpaired) electrons. The third-order valence-corrected chi connectivity index (χ3v) is 3.82. The topological polar surface area (TPSA) is 25.2 Å². The normalized spacial score (nSPS) is 12.7. The first-order chi connectivity index (χ1) is 10.2. The lowest BCUT2D eigenvalue weighted by atomic mass is 9.97. The Morgan fingerprint density at radius 3 is 2.48 bits per heavy atom. The zero-order chi connectivity index (χ0) is 14.8. The Balaban J connectivity index is 2.15. The second-order valence-electron chi connectivity index (χ2n) is 5.06. The van der Waals surface area contributed by atoms with Gasteiger partial charge in [0.2, 0.25) is 0 Å². The summed E-state index contributed by atoms with van der Waals surface area (Å²) >= 11 is 0. The van der Waals surface area contributed by atoms with Crippen molar-refractivity contribution in [1.29, 1.82) is 0 Å². The Bertz CT molecular complexity index is 763. The van der Waals surface area contributed by atoms with E-state index in [0.717, 1.165) is 28.9 Å². The summed E-state index contributed by atoms with van der Waals surface area (Å²) in [5.74, 6) is 1.61. The van der Waals surface area contributed by atoms with Crippen LogP contribution in [0.25, 0.3) is 10.8 Å². The van der Waals surface area contributed by atoms with Gasteiger partial charge >= 0.3 is 0 Å². The van der Waals surface area contributed by atoms with Crippen LogP contribution in [-0.2, 0) is 6.42 Å². The minimum absolute atomic E-state index is 0.0872. The van der Waals surface area contributed by atoms with Gasteiger partial charge in [-0.2, -0.15) is 0 Å². The van der Waals surface area contributed by atoms with Crippen LogP contribution < -0.4 is 5.32 Å². The standard InChI is InChI=1S/C18H18FNO/c1-3-12-8-11-17(21-12)18(20-2)15-9-10-16(19)14-7-5-4-6-13(14)15/h4-11,18,20H,3H2,1-2H3. The first-order valence-corrected chi connectivity index (χ1v) is 7.17. The molecule has 3 rings (SSSR count). The SMILES string of the molecule is CCc1ccc(C(NC)c2ccc(F)c3ccccc23)o1. The number of halogens is 1. The van der Waals surface area contributed by atoms with E-state index in [2.05, 4.69) is 12.2 Å². The number of hydrogen-bond acceptors (Lipinski definition) is 2. The molecule has 1 aromatic heterocycles. The molecule has 0 bridgehead atoms. The van der Waals surface area contributed by atoms with Gasteiger partial charge < -0.3 is 9.73 Å². The smallest absolute Gasteiger partial charge is 0.131 e. The second-order valence-corrected chi connectivity index (χ2v) is 5.06. The van der Waals surface area contributed by atoms with E-state index < -0.39 is 0 Å². The molecule has 0 spiro atoms. The first-order valence-electron chi connectivity index (χ1n) is 7.17. The van der Waals surface area contributed by atoms with Gasteiger partial charge in [-0.25, -0.2) is 4.39 Å². The fourth-order valence-corrected chi connectivity index (χ4v) is 2.73. The molecule has 1 unspecified atom stereocenters. The van der Waals surface area contributed by atoms with Gasteiger partial charge in [0.15, 0.2) is 0 Å². The van der Waals surface area contributed by atoms with Gasteiger partial charge in [0.1, 0.15) is 17.3 Å². The van der Waals surface area contributed by atoms with Crippen molar-refractivity contribution in [2.75, 3.05) is 7.05 Å². The summed E-state index contributed by atoms with van der Waals surface area (Å²) in [4.78, 5) is 0. The summed E-state index contributed by atoms with van der Waals surface area (Å²) in [6.45, 7) is 2.06. The van der Waals surface area contributed by atoms with E-state index in [9.17, 15) is 4.39 Å². The summed E-state index contributed by atoms with van der Waals surface area (Å²) in [5.41, 5.74) is 1.02. The summed E-state index contributed by atoms with van der Waals surface area (Å²) in [7, 11) is 1.89. The molecular weight excluding hydrogens is 265 g/mol. The Morgan fingerprint density at radius 1 is 1.05 bits per heavy atom. The van der Waals surface area contributed by atoms with Crippen LogP contribution in [0.15, 0.2) is 52.9 Å². The van der Waals surface area contributed by atoms with Gasteiger partial charge in [-0.15, -0.1) is 0 Å². The number of nitrogens with one attached hydrogen (secondary N) is 1. The second kappa shape index (κ2) is 5.70. The Morgan fingerprint density at radius 2 is 1.81 bits per heavy atom. The van der Waals surface area contributed by atoms with E-state index >= 15 is 0 Å². The highest BCUT2D eigenvalue weighted by Gasteiger charge is 2.19. The van der Waals surface area contributed by atoms with Crippen molar-refractivity contribution in [1.82, 2.24) is 5.32 Å². The Labute approximate surface area is 123 Å². The molecule has 1 heterocycles. The van der Waals surface area contributed by atoms with Crippen LogP contribution in [0.1, 0.15) is 30.0 Å². The van der Waals surface area contributed by atoms with Crippen LogP contribution in [0.3, 0.4) is 0 Å². The predicted molar refractivity (Wildman–Crippen MR) is 82.9 cm³/mol. The van der Waals surface area contributed by atoms with Gasteiger partial charge in [-0.05, 0) is 36.2 Å². The summed E-state index contributed by atoms with van der Waals surface area (Å²) in [6.07, 6.45) is 0.862. The molecule has 1 N–H and O–H groups in total. The van der Waals surface area contributed by atoms with Gasteiger partial charge in [-0.3, -0.25) is 0 Å². The highest BCUT2D eigenvalue weighted by atomic mass is 19.1. The largest absolute Gasteiger partial charge is 0.464 e. The average Bonchev–Trinajstić information content (AvgIpc) is 2.99.